The molecule has 2 saturated carbocycles. The van der Waals surface area contributed by atoms with Gasteiger partial charge in [-0.1, -0.05) is 0 Å². The lowest BCUT2D eigenvalue weighted by Gasteiger charge is -2.35. The standard InChI is InChI=1S/C23H42N4O2/c1-2-24-23(25-12-15-27(20-8-9-20)17-19-6-7-19)26-13-10-21(11-14-26)29-18-22-5-3-4-16-28-22/h19-22H,2-18H2,1H3,(H,24,25). The number of likely N-dealkylation sites (tertiary alicyclic amines) is 1. The molecule has 6 heteroatoms. The lowest BCUT2D eigenvalue weighted by atomic mass is 10.1. The first-order valence-corrected chi connectivity index (χ1v) is 12.3. The SMILES string of the molecule is CCNC(=NCCN(CC1CC1)C1CC1)N1CCC(OCC2CCCCO2)CC1. The van der Waals surface area contributed by atoms with Crippen LogP contribution in [0.1, 0.15) is 64.7 Å². The Balaban J connectivity index is 1.18. The second-order valence-electron chi connectivity index (χ2n) is 9.41. The van der Waals surface area contributed by atoms with Crippen LogP contribution in [0.15, 0.2) is 4.99 Å². The predicted molar refractivity (Wildman–Crippen MR) is 117 cm³/mol. The van der Waals surface area contributed by atoms with Crippen LogP contribution < -0.4 is 5.32 Å². The maximum Gasteiger partial charge on any atom is 0.193 e. The molecule has 2 heterocycles. The number of ether oxygens (including phenoxy) is 2. The van der Waals surface area contributed by atoms with Gasteiger partial charge in [0.1, 0.15) is 0 Å². The summed E-state index contributed by atoms with van der Waals surface area (Å²) in [7, 11) is 0. The van der Waals surface area contributed by atoms with E-state index >= 15 is 0 Å². The molecule has 1 N–H and O–H groups in total. The molecule has 166 valence electrons. The number of rotatable bonds is 10. The number of hydrogen-bond acceptors (Lipinski definition) is 4. The molecule has 0 aromatic heterocycles. The molecule has 29 heavy (non-hydrogen) atoms. The van der Waals surface area contributed by atoms with Crippen molar-refractivity contribution < 1.29 is 9.47 Å². The van der Waals surface area contributed by atoms with Crippen LogP contribution in [-0.2, 0) is 9.47 Å². The third-order valence-corrected chi connectivity index (χ3v) is 6.77. The van der Waals surface area contributed by atoms with Crippen molar-refractivity contribution in [3.8, 4) is 0 Å². The van der Waals surface area contributed by atoms with Gasteiger partial charge in [-0.3, -0.25) is 9.89 Å². The van der Waals surface area contributed by atoms with Gasteiger partial charge in [-0.05, 0) is 70.6 Å². The van der Waals surface area contributed by atoms with E-state index in [2.05, 4.69) is 22.0 Å². The van der Waals surface area contributed by atoms with E-state index in [4.69, 9.17) is 14.5 Å². The highest BCUT2D eigenvalue weighted by Gasteiger charge is 2.33. The Bertz CT molecular complexity index is 507. The molecular formula is C23H42N4O2. The largest absolute Gasteiger partial charge is 0.376 e. The zero-order valence-electron chi connectivity index (χ0n) is 18.5. The summed E-state index contributed by atoms with van der Waals surface area (Å²) in [6.45, 7) is 10.2. The van der Waals surface area contributed by atoms with Crippen LogP contribution >= 0.6 is 0 Å². The number of aliphatic imine (C=N–C) groups is 1. The second-order valence-corrected chi connectivity index (χ2v) is 9.41. The van der Waals surface area contributed by atoms with E-state index in [1.165, 1.54) is 45.1 Å². The zero-order chi connectivity index (χ0) is 19.9. The minimum Gasteiger partial charge on any atom is -0.376 e. The van der Waals surface area contributed by atoms with Crippen LogP contribution in [0, 0.1) is 5.92 Å². The van der Waals surface area contributed by atoms with E-state index < -0.39 is 0 Å². The molecule has 2 saturated heterocycles. The van der Waals surface area contributed by atoms with Gasteiger partial charge in [0.25, 0.3) is 0 Å². The van der Waals surface area contributed by atoms with Crippen molar-refractivity contribution >= 4 is 5.96 Å². The van der Waals surface area contributed by atoms with Crippen LogP contribution in [0.5, 0.6) is 0 Å². The van der Waals surface area contributed by atoms with Crippen molar-refractivity contribution in [3.05, 3.63) is 0 Å². The van der Waals surface area contributed by atoms with E-state index in [1.807, 2.05) is 0 Å². The number of hydrogen-bond donors (Lipinski definition) is 1. The van der Waals surface area contributed by atoms with Crippen LogP contribution in [0.25, 0.3) is 0 Å². The molecule has 0 radical (unpaired) electrons. The molecule has 4 fully saturated rings. The molecule has 0 aromatic carbocycles. The fourth-order valence-corrected chi connectivity index (χ4v) is 4.62. The Hall–Kier alpha value is -0.850. The Morgan fingerprint density at radius 3 is 2.59 bits per heavy atom. The van der Waals surface area contributed by atoms with Gasteiger partial charge in [0.05, 0.1) is 25.4 Å². The molecular weight excluding hydrogens is 364 g/mol. The van der Waals surface area contributed by atoms with Crippen molar-refractivity contribution in [2.45, 2.75) is 83.0 Å². The Morgan fingerprint density at radius 1 is 1.10 bits per heavy atom. The number of nitrogens with one attached hydrogen (secondary N) is 1. The fourth-order valence-electron chi connectivity index (χ4n) is 4.62. The number of piperidine rings is 1. The van der Waals surface area contributed by atoms with Crippen LogP contribution in [0.3, 0.4) is 0 Å². The highest BCUT2D eigenvalue weighted by Crippen LogP contribution is 2.34. The predicted octanol–water partition coefficient (Wildman–Crippen LogP) is 2.88. The normalized spacial score (nSPS) is 26.9. The van der Waals surface area contributed by atoms with Gasteiger partial charge in [-0.15, -0.1) is 0 Å². The molecule has 1 atom stereocenters. The maximum absolute atomic E-state index is 6.18. The van der Waals surface area contributed by atoms with Crippen LogP contribution in [0.4, 0.5) is 0 Å². The molecule has 1 unspecified atom stereocenters. The lowest BCUT2D eigenvalue weighted by molar-refractivity contribution is -0.0721. The van der Waals surface area contributed by atoms with Crippen molar-refractivity contribution in [3.63, 3.8) is 0 Å². The smallest absolute Gasteiger partial charge is 0.193 e. The fraction of sp³-hybridized carbons (Fsp3) is 0.957. The molecule has 0 aromatic rings. The first-order valence-electron chi connectivity index (χ1n) is 12.3. The average molecular weight is 407 g/mol. The molecule has 2 aliphatic heterocycles. The first kappa shape index (κ1) is 21.4. The van der Waals surface area contributed by atoms with E-state index in [9.17, 15) is 0 Å². The van der Waals surface area contributed by atoms with Crippen molar-refractivity contribution in [1.29, 1.82) is 0 Å². The van der Waals surface area contributed by atoms with Gasteiger partial charge < -0.3 is 19.7 Å². The quantitative estimate of drug-likeness (QED) is 0.447. The van der Waals surface area contributed by atoms with E-state index in [0.717, 1.165) is 83.1 Å². The van der Waals surface area contributed by atoms with Crippen LogP contribution in [-0.4, -0.2) is 86.5 Å². The Labute approximate surface area is 177 Å². The average Bonchev–Trinajstić information content (AvgIpc) is 3.66. The van der Waals surface area contributed by atoms with Gasteiger partial charge in [0.15, 0.2) is 5.96 Å². The summed E-state index contributed by atoms with van der Waals surface area (Å²) in [5.41, 5.74) is 0. The summed E-state index contributed by atoms with van der Waals surface area (Å²) < 4.78 is 12.0. The van der Waals surface area contributed by atoms with E-state index in [0.29, 0.717) is 12.2 Å². The van der Waals surface area contributed by atoms with Crippen molar-refractivity contribution in [2.24, 2.45) is 10.9 Å². The first-order chi connectivity index (χ1) is 14.3. The van der Waals surface area contributed by atoms with Crippen molar-refractivity contribution in [2.75, 3.05) is 52.5 Å². The number of guanidine groups is 1. The van der Waals surface area contributed by atoms with Crippen molar-refractivity contribution in [1.82, 2.24) is 15.1 Å². The molecule has 4 aliphatic rings. The van der Waals surface area contributed by atoms with Crippen LogP contribution in [0.2, 0.25) is 0 Å². The third-order valence-electron chi connectivity index (χ3n) is 6.77. The summed E-state index contributed by atoms with van der Waals surface area (Å²) in [5.74, 6) is 2.08. The summed E-state index contributed by atoms with van der Waals surface area (Å²) in [5, 5.41) is 3.52. The Morgan fingerprint density at radius 2 is 1.93 bits per heavy atom. The van der Waals surface area contributed by atoms with Gasteiger partial charge in [-0.2, -0.15) is 0 Å². The van der Waals surface area contributed by atoms with Gasteiger partial charge >= 0.3 is 0 Å². The maximum atomic E-state index is 6.18. The molecule has 0 amide bonds. The highest BCUT2D eigenvalue weighted by atomic mass is 16.5. The summed E-state index contributed by atoms with van der Waals surface area (Å²) >= 11 is 0. The topological polar surface area (TPSA) is 49.3 Å². The molecule has 0 bridgehead atoms. The molecule has 4 rings (SSSR count). The zero-order valence-corrected chi connectivity index (χ0v) is 18.5. The molecule has 2 aliphatic carbocycles. The summed E-state index contributed by atoms with van der Waals surface area (Å²) in [6, 6.07) is 0.856. The minimum atomic E-state index is 0.325. The van der Waals surface area contributed by atoms with Gasteiger partial charge in [-0.25, -0.2) is 0 Å². The summed E-state index contributed by atoms with van der Waals surface area (Å²) in [6.07, 6.45) is 12.2. The molecule has 6 nitrogen and oxygen atoms in total. The Kier molecular flexibility index (Phi) is 8.08. The highest BCUT2D eigenvalue weighted by molar-refractivity contribution is 5.80. The minimum absolute atomic E-state index is 0.325. The molecule has 0 spiro atoms. The lowest BCUT2D eigenvalue weighted by Crippen LogP contribution is -2.47. The number of nitrogens with zero attached hydrogens (tertiary/aromatic N) is 3. The second kappa shape index (κ2) is 11.0. The van der Waals surface area contributed by atoms with E-state index in [1.54, 1.807) is 0 Å². The third kappa shape index (κ3) is 7.11. The van der Waals surface area contributed by atoms with Gasteiger partial charge in [0, 0.05) is 45.4 Å². The van der Waals surface area contributed by atoms with E-state index in [-0.39, 0.29) is 0 Å². The van der Waals surface area contributed by atoms with Gasteiger partial charge in [0.2, 0.25) is 0 Å². The summed E-state index contributed by atoms with van der Waals surface area (Å²) in [4.78, 5) is 10.1. The monoisotopic (exact) mass is 406 g/mol.